The monoisotopic (exact) mass is 252 g/mol. The van der Waals surface area contributed by atoms with Crippen molar-refractivity contribution in [2.45, 2.75) is 0 Å². The minimum absolute atomic E-state index is 0.387. The average Bonchev–Trinajstić information content (AvgIpc) is 2.82. The third-order valence-electron chi connectivity index (χ3n) is 3.02. The molecule has 1 amide bonds. The predicted molar refractivity (Wildman–Crippen MR) is 74.0 cm³/mol. The molecule has 1 heterocycles. The molecule has 0 fully saturated rings. The molecule has 2 aromatic carbocycles. The van der Waals surface area contributed by atoms with Gasteiger partial charge in [-0.1, -0.05) is 18.2 Å². The van der Waals surface area contributed by atoms with Gasteiger partial charge >= 0.3 is 0 Å². The van der Waals surface area contributed by atoms with E-state index in [1.54, 1.807) is 29.1 Å². The molecule has 0 atom stereocenters. The SMILES string of the molecule is NC(=O)c1ccc(-n2ncc3ccccc32)c(N)c1. The second-order valence-electron chi connectivity index (χ2n) is 4.25. The fourth-order valence-corrected chi connectivity index (χ4v) is 2.06. The van der Waals surface area contributed by atoms with Gasteiger partial charge in [0.25, 0.3) is 0 Å². The number of hydrogen-bond acceptors (Lipinski definition) is 3. The number of amides is 1. The van der Waals surface area contributed by atoms with E-state index in [2.05, 4.69) is 5.10 Å². The normalized spacial score (nSPS) is 10.7. The molecule has 0 radical (unpaired) electrons. The zero-order valence-electron chi connectivity index (χ0n) is 10.1. The van der Waals surface area contributed by atoms with Crippen LogP contribution in [0.25, 0.3) is 16.6 Å². The number of fused-ring (bicyclic) bond motifs is 1. The number of aromatic nitrogens is 2. The van der Waals surface area contributed by atoms with Gasteiger partial charge in [0, 0.05) is 10.9 Å². The average molecular weight is 252 g/mol. The number of primary amides is 1. The van der Waals surface area contributed by atoms with E-state index >= 15 is 0 Å². The van der Waals surface area contributed by atoms with E-state index in [-0.39, 0.29) is 0 Å². The minimum Gasteiger partial charge on any atom is -0.397 e. The van der Waals surface area contributed by atoms with E-state index in [1.807, 2.05) is 24.3 Å². The second-order valence-corrected chi connectivity index (χ2v) is 4.25. The lowest BCUT2D eigenvalue weighted by molar-refractivity contribution is 0.100. The van der Waals surface area contributed by atoms with Crippen LogP contribution < -0.4 is 11.5 Å². The number of para-hydroxylation sites is 1. The van der Waals surface area contributed by atoms with Crippen LogP contribution in [0.1, 0.15) is 10.4 Å². The van der Waals surface area contributed by atoms with Gasteiger partial charge in [0.15, 0.2) is 0 Å². The summed E-state index contributed by atoms with van der Waals surface area (Å²) in [7, 11) is 0. The van der Waals surface area contributed by atoms with Crippen molar-refractivity contribution < 1.29 is 4.79 Å². The summed E-state index contributed by atoms with van der Waals surface area (Å²) in [5.41, 5.74) is 13.7. The molecule has 0 unspecified atom stereocenters. The third kappa shape index (κ3) is 1.81. The van der Waals surface area contributed by atoms with Crippen LogP contribution in [0.5, 0.6) is 0 Å². The van der Waals surface area contributed by atoms with Crippen LogP contribution in [0.2, 0.25) is 0 Å². The minimum atomic E-state index is -0.497. The quantitative estimate of drug-likeness (QED) is 0.680. The summed E-state index contributed by atoms with van der Waals surface area (Å²) in [6.45, 7) is 0. The Balaban J connectivity index is 2.19. The first-order valence-electron chi connectivity index (χ1n) is 5.79. The largest absolute Gasteiger partial charge is 0.397 e. The van der Waals surface area contributed by atoms with Crippen LogP contribution in [-0.2, 0) is 0 Å². The third-order valence-corrected chi connectivity index (χ3v) is 3.02. The Morgan fingerprint density at radius 2 is 1.95 bits per heavy atom. The van der Waals surface area contributed by atoms with Crippen LogP contribution in [0, 0.1) is 0 Å². The Morgan fingerprint density at radius 1 is 1.16 bits per heavy atom. The first-order chi connectivity index (χ1) is 9.16. The lowest BCUT2D eigenvalue weighted by Crippen LogP contribution is -2.12. The molecule has 5 heteroatoms. The van der Waals surface area contributed by atoms with Gasteiger partial charge in [-0.25, -0.2) is 4.68 Å². The van der Waals surface area contributed by atoms with Gasteiger partial charge in [-0.2, -0.15) is 5.10 Å². The summed E-state index contributed by atoms with van der Waals surface area (Å²) in [5.74, 6) is -0.497. The molecule has 4 N–H and O–H groups in total. The maximum Gasteiger partial charge on any atom is 0.248 e. The molecule has 0 saturated heterocycles. The first kappa shape index (κ1) is 11.3. The Kier molecular flexibility index (Phi) is 2.45. The maximum atomic E-state index is 11.1. The molecule has 0 aliphatic heterocycles. The van der Waals surface area contributed by atoms with Crippen molar-refractivity contribution >= 4 is 22.5 Å². The van der Waals surface area contributed by atoms with Crippen molar-refractivity contribution in [3.63, 3.8) is 0 Å². The lowest BCUT2D eigenvalue weighted by atomic mass is 10.1. The van der Waals surface area contributed by atoms with Crippen LogP contribution in [-0.4, -0.2) is 15.7 Å². The fraction of sp³-hybridized carbons (Fsp3) is 0. The molecule has 3 aromatic rings. The number of benzene rings is 2. The van der Waals surface area contributed by atoms with Crippen LogP contribution in [0.15, 0.2) is 48.7 Å². The van der Waals surface area contributed by atoms with Gasteiger partial charge in [-0.3, -0.25) is 4.79 Å². The smallest absolute Gasteiger partial charge is 0.248 e. The Labute approximate surface area is 109 Å². The zero-order chi connectivity index (χ0) is 13.4. The van der Waals surface area contributed by atoms with Crippen LogP contribution in [0.3, 0.4) is 0 Å². The Hall–Kier alpha value is -2.82. The maximum absolute atomic E-state index is 11.1. The summed E-state index contributed by atoms with van der Waals surface area (Å²) in [6, 6.07) is 12.8. The molecule has 5 nitrogen and oxygen atoms in total. The van der Waals surface area contributed by atoms with Crippen molar-refractivity contribution in [1.29, 1.82) is 0 Å². The van der Waals surface area contributed by atoms with E-state index in [9.17, 15) is 4.79 Å². The van der Waals surface area contributed by atoms with Crippen molar-refractivity contribution in [2.24, 2.45) is 5.73 Å². The fourth-order valence-electron chi connectivity index (χ4n) is 2.06. The molecule has 0 spiro atoms. The highest BCUT2D eigenvalue weighted by Gasteiger charge is 2.09. The lowest BCUT2D eigenvalue weighted by Gasteiger charge is -2.08. The van der Waals surface area contributed by atoms with E-state index in [1.165, 1.54) is 0 Å². The molecule has 3 rings (SSSR count). The molecular weight excluding hydrogens is 240 g/mol. The standard InChI is InChI=1S/C14H12N4O/c15-11-7-9(14(16)19)5-6-13(11)18-12-4-2-1-3-10(12)8-17-18/h1-8H,15H2,(H2,16,19). The number of hydrogen-bond donors (Lipinski definition) is 2. The molecule has 19 heavy (non-hydrogen) atoms. The molecular formula is C14H12N4O. The van der Waals surface area contributed by atoms with E-state index < -0.39 is 5.91 Å². The van der Waals surface area contributed by atoms with Gasteiger partial charge in [0.1, 0.15) is 0 Å². The molecule has 0 saturated carbocycles. The van der Waals surface area contributed by atoms with Crippen molar-refractivity contribution in [1.82, 2.24) is 9.78 Å². The summed E-state index contributed by atoms with van der Waals surface area (Å²) < 4.78 is 1.75. The van der Waals surface area contributed by atoms with E-state index in [0.29, 0.717) is 11.3 Å². The number of nitrogens with zero attached hydrogens (tertiary/aromatic N) is 2. The summed E-state index contributed by atoms with van der Waals surface area (Å²) >= 11 is 0. The molecule has 0 bridgehead atoms. The number of nitrogen functional groups attached to an aromatic ring is 1. The summed E-state index contributed by atoms with van der Waals surface area (Å²) in [6.07, 6.45) is 1.77. The van der Waals surface area contributed by atoms with Crippen LogP contribution >= 0.6 is 0 Å². The van der Waals surface area contributed by atoms with Crippen molar-refractivity contribution in [3.05, 3.63) is 54.2 Å². The summed E-state index contributed by atoms with van der Waals surface area (Å²) in [4.78, 5) is 11.1. The number of carbonyl (C=O) groups is 1. The van der Waals surface area contributed by atoms with Gasteiger partial charge in [0.05, 0.1) is 23.1 Å². The topological polar surface area (TPSA) is 86.9 Å². The van der Waals surface area contributed by atoms with Gasteiger partial charge in [-0.15, -0.1) is 0 Å². The van der Waals surface area contributed by atoms with Crippen LogP contribution in [0.4, 0.5) is 5.69 Å². The van der Waals surface area contributed by atoms with Gasteiger partial charge in [0.2, 0.25) is 5.91 Å². The van der Waals surface area contributed by atoms with Gasteiger partial charge < -0.3 is 11.5 Å². The van der Waals surface area contributed by atoms with Crippen molar-refractivity contribution in [3.8, 4) is 5.69 Å². The number of nitrogens with two attached hydrogens (primary N) is 2. The molecule has 0 aliphatic rings. The molecule has 94 valence electrons. The number of carbonyl (C=O) groups excluding carboxylic acids is 1. The van der Waals surface area contributed by atoms with E-state index in [0.717, 1.165) is 16.6 Å². The highest BCUT2D eigenvalue weighted by atomic mass is 16.1. The number of anilines is 1. The van der Waals surface area contributed by atoms with Crippen molar-refractivity contribution in [2.75, 3.05) is 5.73 Å². The summed E-state index contributed by atoms with van der Waals surface area (Å²) in [5, 5.41) is 5.35. The molecule has 1 aromatic heterocycles. The number of rotatable bonds is 2. The van der Waals surface area contributed by atoms with Gasteiger partial charge in [-0.05, 0) is 24.3 Å². The molecule has 0 aliphatic carbocycles. The van der Waals surface area contributed by atoms with E-state index in [4.69, 9.17) is 11.5 Å². The highest BCUT2D eigenvalue weighted by Crippen LogP contribution is 2.23. The Bertz CT molecular complexity index is 776. The highest BCUT2D eigenvalue weighted by molar-refractivity contribution is 5.94. The second kappa shape index (κ2) is 4.13. The first-order valence-corrected chi connectivity index (χ1v) is 5.79. The predicted octanol–water partition coefficient (Wildman–Crippen LogP) is 1.71. The zero-order valence-corrected chi connectivity index (χ0v) is 10.1. The Morgan fingerprint density at radius 3 is 2.68 bits per heavy atom.